The third-order valence-electron chi connectivity index (χ3n) is 4.82. The number of methoxy groups -OCH3 is 2. The first-order valence-electron chi connectivity index (χ1n) is 9.76. The standard InChI is InChI=1S/C25H23NO5/c1-30-24(28)19-14-20(25(29)31-2)16-21(15-19)26-23(27)22-11-7-6-10-18(22)13-12-17-8-4-3-5-9-17/h3-11,14-16H,12-13H2,1-2H3,(H,26,27). The molecule has 0 atom stereocenters. The number of hydrogen-bond donors (Lipinski definition) is 1. The molecule has 3 aromatic carbocycles. The fourth-order valence-corrected chi connectivity index (χ4v) is 3.25. The second-order valence-corrected chi connectivity index (χ2v) is 6.88. The minimum Gasteiger partial charge on any atom is -0.465 e. The first-order valence-corrected chi connectivity index (χ1v) is 9.76. The van der Waals surface area contributed by atoms with Gasteiger partial charge in [0.2, 0.25) is 0 Å². The van der Waals surface area contributed by atoms with Crippen molar-refractivity contribution in [1.82, 2.24) is 0 Å². The van der Waals surface area contributed by atoms with Crippen LogP contribution in [0.4, 0.5) is 5.69 Å². The molecule has 0 heterocycles. The van der Waals surface area contributed by atoms with Crippen LogP contribution in [0.15, 0.2) is 72.8 Å². The van der Waals surface area contributed by atoms with E-state index in [2.05, 4.69) is 17.4 Å². The Hall–Kier alpha value is -3.93. The lowest BCUT2D eigenvalue weighted by Gasteiger charge is -2.12. The van der Waals surface area contributed by atoms with E-state index < -0.39 is 11.9 Å². The SMILES string of the molecule is COC(=O)c1cc(NC(=O)c2ccccc2CCc2ccccc2)cc(C(=O)OC)c1. The Morgan fingerprint density at radius 2 is 1.32 bits per heavy atom. The number of hydrogen-bond acceptors (Lipinski definition) is 5. The monoisotopic (exact) mass is 417 g/mol. The van der Waals surface area contributed by atoms with E-state index in [0.717, 1.165) is 12.0 Å². The van der Waals surface area contributed by atoms with Crippen molar-refractivity contribution in [2.24, 2.45) is 0 Å². The molecule has 0 aliphatic heterocycles. The summed E-state index contributed by atoms with van der Waals surface area (Å²) in [7, 11) is 2.49. The Morgan fingerprint density at radius 1 is 0.742 bits per heavy atom. The zero-order valence-corrected chi connectivity index (χ0v) is 17.4. The second kappa shape index (κ2) is 10.2. The van der Waals surface area contributed by atoms with Crippen LogP contribution in [0.5, 0.6) is 0 Å². The predicted molar refractivity (Wildman–Crippen MR) is 117 cm³/mol. The van der Waals surface area contributed by atoms with Crippen molar-refractivity contribution in [2.45, 2.75) is 12.8 Å². The molecule has 31 heavy (non-hydrogen) atoms. The summed E-state index contributed by atoms with van der Waals surface area (Å²) in [5.41, 5.74) is 3.19. The minimum atomic E-state index is -0.621. The van der Waals surface area contributed by atoms with Crippen LogP contribution < -0.4 is 5.32 Å². The van der Waals surface area contributed by atoms with E-state index in [-0.39, 0.29) is 17.0 Å². The Labute approximate surface area is 180 Å². The lowest BCUT2D eigenvalue weighted by molar-refractivity contribution is 0.0599. The van der Waals surface area contributed by atoms with Crippen LogP contribution in [0, 0.1) is 0 Å². The summed E-state index contributed by atoms with van der Waals surface area (Å²) in [6, 6.07) is 21.7. The highest BCUT2D eigenvalue weighted by Gasteiger charge is 2.17. The molecule has 0 bridgehead atoms. The maximum Gasteiger partial charge on any atom is 0.337 e. The van der Waals surface area contributed by atoms with Gasteiger partial charge in [0.05, 0.1) is 25.3 Å². The normalized spacial score (nSPS) is 10.3. The molecule has 3 rings (SSSR count). The van der Waals surface area contributed by atoms with Crippen LogP contribution in [-0.4, -0.2) is 32.1 Å². The molecular weight excluding hydrogens is 394 g/mol. The number of carbonyl (C=O) groups is 3. The van der Waals surface area contributed by atoms with Gasteiger partial charge in [0.25, 0.3) is 5.91 Å². The van der Waals surface area contributed by atoms with Crippen molar-refractivity contribution in [1.29, 1.82) is 0 Å². The number of ether oxygens (including phenoxy) is 2. The van der Waals surface area contributed by atoms with Crippen LogP contribution in [0.1, 0.15) is 42.2 Å². The molecule has 0 spiro atoms. The minimum absolute atomic E-state index is 0.137. The third-order valence-corrected chi connectivity index (χ3v) is 4.82. The van der Waals surface area contributed by atoms with Gasteiger partial charge in [-0.2, -0.15) is 0 Å². The number of carbonyl (C=O) groups excluding carboxylic acids is 3. The average molecular weight is 417 g/mol. The lowest BCUT2D eigenvalue weighted by atomic mass is 9.99. The number of anilines is 1. The van der Waals surface area contributed by atoms with E-state index in [1.165, 1.54) is 38.0 Å². The fraction of sp³-hybridized carbons (Fsp3) is 0.160. The van der Waals surface area contributed by atoms with E-state index in [0.29, 0.717) is 17.7 Å². The van der Waals surface area contributed by atoms with Crippen molar-refractivity contribution >= 4 is 23.5 Å². The summed E-state index contributed by atoms with van der Waals surface area (Å²) in [4.78, 5) is 36.9. The van der Waals surface area contributed by atoms with E-state index >= 15 is 0 Å². The Bertz CT molecular complexity index is 1060. The molecule has 158 valence electrons. The van der Waals surface area contributed by atoms with Gasteiger partial charge >= 0.3 is 11.9 Å². The summed E-state index contributed by atoms with van der Waals surface area (Å²) in [5.74, 6) is -1.57. The number of esters is 2. The van der Waals surface area contributed by atoms with Crippen LogP contribution in [-0.2, 0) is 22.3 Å². The maximum absolute atomic E-state index is 13.0. The smallest absolute Gasteiger partial charge is 0.337 e. The Balaban J connectivity index is 1.84. The summed E-state index contributed by atoms with van der Waals surface area (Å²) in [6.07, 6.45) is 1.50. The van der Waals surface area contributed by atoms with E-state index in [1.807, 2.05) is 30.3 Å². The first-order chi connectivity index (χ1) is 15.0. The van der Waals surface area contributed by atoms with Gasteiger partial charge in [0, 0.05) is 11.3 Å². The average Bonchev–Trinajstić information content (AvgIpc) is 2.82. The van der Waals surface area contributed by atoms with Crippen LogP contribution in [0.3, 0.4) is 0 Å². The number of benzene rings is 3. The van der Waals surface area contributed by atoms with Crippen molar-refractivity contribution < 1.29 is 23.9 Å². The molecule has 0 radical (unpaired) electrons. The van der Waals surface area contributed by atoms with Crippen molar-refractivity contribution in [3.05, 3.63) is 101 Å². The molecule has 6 nitrogen and oxygen atoms in total. The zero-order valence-electron chi connectivity index (χ0n) is 17.4. The van der Waals surface area contributed by atoms with Gasteiger partial charge in [-0.1, -0.05) is 48.5 Å². The highest BCUT2D eigenvalue weighted by Crippen LogP contribution is 2.20. The van der Waals surface area contributed by atoms with Gasteiger partial charge in [-0.25, -0.2) is 9.59 Å². The number of aryl methyl sites for hydroxylation is 2. The number of rotatable bonds is 7. The van der Waals surface area contributed by atoms with Gasteiger partial charge < -0.3 is 14.8 Å². The summed E-state index contributed by atoms with van der Waals surface area (Å²) in [5, 5.41) is 2.78. The van der Waals surface area contributed by atoms with Crippen molar-refractivity contribution in [3.8, 4) is 0 Å². The molecule has 0 aliphatic carbocycles. The highest BCUT2D eigenvalue weighted by atomic mass is 16.5. The third kappa shape index (κ3) is 5.57. The molecule has 1 N–H and O–H groups in total. The van der Waals surface area contributed by atoms with Gasteiger partial charge in [0.1, 0.15) is 0 Å². The summed E-state index contributed by atoms with van der Waals surface area (Å²) in [6.45, 7) is 0. The Morgan fingerprint density at radius 3 is 1.94 bits per heavy atom. The molecule has 0 saturated heterocycles. The molecule has 6 heteroatoms. The van der Waals surface area contributed by atoms with Crippen molar-refractivity contribution in [3.63, 3.8) is 0 Å². The molecule has 0 aromatic heterocycles. The molecule has 0 aliphatic rings. The quantitative estimate of drug-likeness (QED) is 0.580. The highest BCUT2D eigenvalue weighted by molar-refractivity contribution is 6.06. The Kier molecular flexibility index (Phi) is 7.17. The zero-order chi connectivity index (χ0) is 22.2. The second-order valence-electron chi connectivity index (χ2n) is 6.88. The van der Waals surface area contributed by atoms with Gasteiger partial charge in [-0.05, 0) is 48.2 Å². The van der Waals surface area contributed by atoms with Crippen LogP contribution in [0.25, 0.3) is 0 Å². The van der Waals surface area contributed by atoms with Gasteiger partial charge in [0.15, 0.2) is 0 Å². The van der Waals surface area contributed by atoms with Crippen LogP contribution >= 0.6 is 0 Å². The predicted octanol–water partition coefficient (Wildman–Crippen LogP) is 4.30. The van der Waals surface area contributed by atoms with Gasteiger partial charge in [-0.3, -0.25) is 4.79 Å². The molecule has 0 saturated carbocycles. The van der Waals surface area contributed by atoms with Crippen LogP contribution in [0.2, 0.25) is 0 Å². The molecule has 1 amide bonds. The maximum atomic E-state index is 13.0. The van der Waals surface area contributed by atoms with Crippen molar-refractivity contribution in [2.75, 3.05) is 19.5 Å². The molecular formula is C25H23NO5. The molecule has 3 aromatic rings. The number of amides is 1. The van der Waals surface area contributed by atoms with E-state index in [1.54, 1.807) is 12.1 Å². The summed E-state index contributed by atoms with van der Waals surface area (Å²) < 4.78 is 9.48. The van der Waals surface area contributed by atoms with E-state index in [4.69, 9.17) is 9.47 Å². The largest absolute Gasteiger partial charge is 0.465 e. The lowest BCUT2D eigenvalue weighted by Crippen LogP contribution is -2.16. The first kappa shape index (κ1) is 21.8. The van der Waals surface area contributed by atoms with Gasteiger partial charge in [-0.15, -0.1) is 0 Å². The molecule has 0 unspecified atom stereocenters. The summed E-state index contributed by atoms with van der Waals surface area (Å²) >= 11 is 0. The topological polar surface area (TPSA) is 81.7 Å². The molecule has 0 fully saturated rings. The number of nitrogens with one attached hydrogen (secondary N) is 1. The van der Waals surface area contributed by atoms with E-state index in [9.17, 15) is 14.4 Å². The fourth-order valence-electron chi connectivity index (χ4n) is 3.25.